The number of carbonyl (C=O) groups excluding carboxylic acids is 1. The van der Waals surface area contributed by atoms with Crippen LogP contribution in [-0.2, 0) is 4.74 Å². The molecule has 0 saturated carbocycles. The van der Waals surface area contributed by atoms with Crippen molar-refractivity contribution >= 4 is 6.03 Å². The number of hydrogen-bond donors (Lipinski definition) is 2. The number of carbonyl (C=O) groups is 1. The largest absolute Gasteiger partial charge is 0.450 e. The Labute approximate surface area is 128 Å². The summed E-state index contributed by atoms with van der Waals surface area (Å²) in [6.07, 6.45) is 3.64. The van der Waals surface area contributed by atoms with Gasteiger partial charge in [0.15, 0.2) is 0 Å². The molecule has 3 N–H and O–H groups in total. The van der Waals surface area contributed by atoms with Crippen molar-refractivity contribution in [1.29, 1.82) is 0 Å². The maximum atomic E-state index is 10.9. The van der Waals surface area contributed by atoms with Gasteiger partial charge in [0.2, 0.25) is 5.88 Å². The first kappa shape index (κ1) is 15.7. The van der Waals surface area contributed by atoms with E-state index in [-0.39, 0.29) is 0 Å². The number of aryl methyl sites for hydroxylation is 1. The Bertz CT molecular complexity index is 640. The summed E-state index contributed by atoms with van der Waals surface area (Å²) in [5.74, 6) is 4.63. The average Bonchev–Trinajstić information content (AvgIpc) is 2.92. The number of ether oxygens (including phenoxy) is 2. The highest BCUT2D eigenvalue weighted by Crippen LogP contribution is 2.26. The molecular weight excluding hydrogens is 286 g/mol. The number of aromatic nitrogens is 1. The first-order valence-electron chi connectivity index (χ1n) is 6.68. The van der Waals surface area contributed by atoms with Crippen LogP contribution in [0.25, 0.3) is 0 Å². The molecule has 7 heteroatoms. The highest BCUT2D eigenvalue weighted by atomic mass is 16.7. The van der Waals surface area contributed by atoms with Gasteiger partial charge in [-0.15, -0.1) is 0 Å². The van der Waals surface area contributed by atoms with Gasteiger partial charge in [-0.25, -0.2) is 9.78 Å². The van der Waals surface area contributed by atoms with Crippen molar-refractivity contribution in [3.8, 4) is 17.7 Å². The SMILES string of the molecule is Cc1cccc(OC2(C#CC(C)N(O)C(N)=O)CC=CO2)n1. The molecule has 2 rings (SSSR count). The normalized spacial score (nSPS) is 20.5. The highest BCUT2D eigenvalue weighted by molar-refractivity contribution is 5.71. The standard InChI is InChI=1S/C15H17N3O4/c1-11-5-3-6-13(17-11)22-15(8-4-10-21-15)9-7-12(2)18(20)14(16)19/h3-6,10,12,20H,8H2,1-2H3,(H2,16,19). The molecule has 0 aliphatic carbocycles. The lowest BCUT2D eigenvalue weighted by molar-refractivity contribution is -0.0808. The predicted octanol–water partition coefficient (Wildman–Crippen LogP) is 1.56. The summed E-state index contributed by atoms with van der Waals surface area (Å²) in [5, 5.41) is 9.77. The Morgan fingerprint density at radius 3 is 3.00 bits per heavy atom. The minimum atomic E-state index is -1.23. The Morgan fingerprint density at radius 2 is 2.41 bits per heavy atom. The number of pyridine rings is 1. The number of primary amides is 1. The first-order chi connectivity index (χ1) is 10.4. The van der Waals surface area contributed by atoms with Crippen LogP contribution < -0.4 is 10.5 Å². The maximum Gasteiger partial charge on any atom is 0.339 e. The van der Waals surface area contributed by atoms with Gasteiger partial charge in [0.05, 0.1) is 12.7 Å². The fourth-order valence-electron chi connectivity index (χ4n) is 1.79. The van der Waals surface area contributed by atoms with Gasteiger partial charge in [-0.05, 0) is 31.9 Å². The van der Waals surface area contributed by atoms with Gasteiger partial charge in [-0.1, -0.05) is 12.0 Å². The van der Waals surface area contributed by atoms with Crippen LogP contribution in [0.4, 0.5) is 4.79 Å². The van der Waals surface area contributed by atoms with Gasteiger partial charge < -0.3 is 15.2 Å². The zero-order chi connectivity index (χ0) is 16.2. The van der Waals surface area contributed by atoms with E-state index in [2.05, 4.69) is 16.8 Å². The number of hydrogen-bond acceptors (Lipinski definition) is 5. The lowest BCUT2D eigenvalue weighted by Gasteiger charge is -2.24. The Kier molecular flexibility index (Phi) is 4.53. The average molecular weight is 303 g/mol. The molecule has 2 amide bonds. The van der Waals surface area contributed by atoms with Crippen LogP contribution in [0, 0.1) is 18.8 Å². The van der Waals surface area contributed by atoms with E-state index >= 15 is 0 Å². The van der Waals surface area contributed by atoms with Crippen LogP contribution in [-0.4, -0.2) is 33.1 Å². The van der Waals surface area contributed by atoms with E-state index in [1.54, 1.807) is 12.1 Å². The van der Waals surface area contributed by atoms with Crippen LogP contribution in [0.15, 0.2) is 30.5 Å². The van der Waals surface area contributed by atoms with Crippen molar-refractivity contribution in [2.45, 2.75) is 32.1 Å². The summed E-state index contributed by atoms with van der Waals surface area (Å²) in [4.78, 5) is 15.1. The molecule has 7 nitrogen and oxygen atoms in total. The van der Waals surface area contributed by atoms with E-state index in [0.717, 1.165) is 5.69 Å². The molecule has 2 unspecified atom stereocenters. The molecule has 1 aromatic rings. The lowest BCUT2D eigenvalue weighted by Crippen LogP contribution is -2.39. The van der Waals surface area contributed by atoms with Gasteiger partial charge in [0.25, 0.3) is 0 Å². The third-order valence-electron chi connectivity index (χ3n) is 2.94. The molecule has 0 bridgehead atoms. The van der Waals surface area contributed by atoms with Gasteiger partial charge in [0, 0.05) is 11.8 Å². The molecule has 1 aromatic heterocycles. The van der Waals surface area contributed by atoms with E-state index in [1.165, 1.54) is 13.2 Å². The predicted molar refractivity (Wildman–Crippen MR) is 77.6 cm³/mol. The number of urea groups is 1. The van der Waals surface area contributed by atoms with E-state index in [0.29, 0.717) is 17.4 Å². The van der Waals surface area contributed by atoms with Crippen molar-refractivity contribution in [3.63, 3.8) is 0 Å². The van der Waals surface area contributed by atoms with Crippen molar-refractivity contribution in [1.82, 2.24) is 10.0 Å². The topological polar surface area (TPSA) is 97.9 Å². The zero-order valence-electron chi connectivity index (χ0n) is 12.3. The summed E-state index contributed by atoms with van der Waals surface area (Å²) in [6, 6.07) is 3.57. The molecule has 0 aromatic carbocycles. The highest BCUT2D eigenvalue weighted by Gasteiger charge is 2.34. The van der Waals surface area contributed by atoms with Gasteiger partial charge in [-0.2, -0.15) is 5.06 Å². The van der Waals surface area contributed by atoms with Crippen LogP contribution >= 0.6 is 0 Å². The fraction of sp³-hybridized carbons (Fsp3) is 0.333. The molecule has 1 aliphatic rings. The Hall–Kier alpha value is -2.72. The molecule has 116 valence electrons. The Balaban J connectivity index is 2.18. The van der Waals surface area contributed by atoms with E-state index < -0.39 is 17.9 Å². The molecule has 0 radical (unpaired) electrons. The second-order valence-corrected chi connectivity index (χ2v) is 4.79. The molecule has 22 heavy (non-hydrogen) atoms. The second-order valence-electron chi connectivity index (χ2n) is 4.79. The fourth-order valence-corrected chi connectivity index (χ4v) is 1.79. The van der Waals surface area contributed by atoms with Crippen LogP contribution in [0.5, 0.6) is 5.88 Å². The quantitative estimate of drug-likeness (QED) is 0.501. The monoisotopic (exact) mass is 303 g/mol. The summed E-state index contributed by atoms with van der Waals surface area (Å²) in [6.45, 7) is 3.37. The van der Waals surface area contributed by atoms with Gasteiger partial charge in [-0.3, -0.25) is 5.21 Å². The van der Waals surface area contributed by atoms with E-state index in [9.17, 15) is 10.0 Å². The minimum absolute atomic E-state index is 0.341. The molecular formula is C15H17N3O4. The van der Waals surface area contributed by atoms with Gasteiger partial charge in [0.1, 0.15) is 6.04 Å². The number of nitrogens with zero attached hydrogens (tertiary/aromatic N) is 2. The van der Waals surface area contributed by atoms with Crippen LogP contribution in [0.2, 0.25) is 0 Å². The van der Waals surface area contributed by atoms with E-state index in [1.807, 2.05) is 19.1 Å². The molecule has 1 aliphatic heterocycles. The smallest absolute Gasteiger partial charge is 0.339 e. The second kappa shape index (κ2) is 6.37. The number of hydroxylamine groups is 2. The summed E-state index contributed by atoms with van der Waals surface area (Å²) in [5.41, 5.74) is 5.78. The molecule has 0 fully saturated rings. The van der Waals surface area contributed by atoms with Crippen LogP contribution in [0.1, 0.15) is 19.0 Å². The molecule has 0 spiro atoms. The first-order valence-corrected chi connectivity index (χ1v) is 6.68. The van der Waals surface area contributed by atoms with E-state index in [4.69, 9.17) is 15.2 Å². The summed E-state index contributed by atoms with van der Waals surface area (Å²) >= 11 is 0. The third kappa shape index (κ3) is 3.68. The molecule has 0 saturated heterocycles. The minimum Gasteiger partial charge on any atom is -0.450 e. The molecule has 2 atom stereocenters. The summed E-state index contributed by atoms with van der Waals surface area (Å²) in [7, 11) is 0. The maximum absolute atomic E-state index is 10.9. The number of rotatable bonds is 3. The Morgan fingerprint density at radius 1 is 1.64 bits per heavy atom. The van der Waals surface area contributed by atoms with Crippen molar-refractivity contribution in [3.05, 3.63) is 36.2 Å². The van der Waals surface area contributed by atoms with Crippen molar-refractivity contribution in [2.75, 3.05) is 0 Å². The zero-order valence-corrected chi connectivity index (χ0v) is 12.3. The number of nitrogens with two attached hydrogens (primary N) is 1. The number of amides is 2. The summed E-state index contributed by atoms with van der Waals surface area (Å²) < 4.78 is 11.2. The van der Waals surface area contributed by atoms with Crippen LogP contribution in [0.3, 0.4) is 0 Å². The van der Waals surface area contributed by atoms with Gasteiger partial charge >= 0.3 is 11.8 Å². The molecule has 2 heterocycles. The van der Waals surface area contributed by atoms with Crippen molar-refractivity contribution in [2.24, 2.45) is 5.73 Å². The third-order valence-corrected chi connectivity index (χ3v) is 2.94. The lowest BCUT2D eigenvalue weighted by atomic mass is 10.2. The van der Waals surface area contributed by atoms with Crippen molar-refractivity contribution < 1.29 is 19.5 Å².